The molecule has 9 heteroatoms. The van der Waals surface area contributed by atoms with Crippen molar-refractivity contribution in [3.63, 3.8) is 0 Å². The molecule has 3 aromatic rings. The van der Waals surface area contributed by atoms with Crippen LogP contribution in [0, 0.1) is 0 Å². The van der Waals surface area contributed by atoms with E-state index in [9.17, 15) is 22.8 Å². The number of hydrogen-bond donors (Lipinski definition) is 2. The molecule has 1 atom stereocenters. The third-order valence-corrected chi connectivity index (χ3v) is 6.11. The van der Waals surface area contributed by atoms with Crippen molar-refractivity contribution in [2.45, 2.75) is 52.1 Å². The fourth-order valence-corrected chi connectivity index (χ4v) is 4.12. The maximum Gasteiger partial charge on any atom is 0.416 e. The van der Waals surface area contributed by atoms with Crippen molar-refractivity contribution < 1.29 is 27.5 Å². The average molecular weight is 512 g/mol. The van der Waals surface area contributed by atoms with E-state index in [2.05, 4.69) is 24.5 Å². The van der Waals surface area contributed by atoms with E-state index in [-0.39, 0.29) is 19.0 Å². The summed E-state index contributed by atoms with van der Waals surface area (Å²) in [7, 11) is 0. The van der Waals surface area contributed by atoms with Gasteiger partial charge in [0.1, 0.15) is 5.75 Å². The van der Waals surface area contributed by atoms with Crippen LogP contribution in [0.4, 0.5) is 29.3 Å². The number of hydrogen-bond acceptors (Lipinski definition) is 3. The average Bonchev–Trinajstić information content (AvgIpc) is 2.95. The molecular weight excluding hydrogens is 483 g/mol. The van der Waals surface area contributed by atoms with Gasteiger partial charge < -0.3 is 20.3 Å². The van der Waals surface area contributed by atoms with Crippen LogP contribution in [0.2, 0.25) is 0 Å². The van der Waals surface area contributed by atoms with Crippen LogP contribution in [0.25, 0.3) is 0 Å². The van der Waals surface area contributed by atoms with E-state index in [0.717, 1.165) is 17.7 Å². The van der Waals surface area contributed by atoms with E-state index in [4.69, 9.17) is 4.74 Å². The van der Waals surface area contributed by atoms with Gasteiger partial charge in [-0.15, -0.1) is 0 Å². The maximum atomic E-state index is 13.1. The van der Waals surface area contributed by atoms with Crippen LogP contribution in [0.5, 0.6) is 5.75 Å². The Morgan fingerprint density at radius 1 is 1.03 bits per heavy atom. The fourth-order valence-electron chi connectivity index (χ4n) is 4.12. The summed E-state index contributed by atoms with van der Waals surface area (Å²) in [4.78, 5) is 26.9. The molecule has 0 radical (unpaired) electrons. The highest BCUT2D eigenvalue weighted by molar-refractivity contribution is 5.99. The van der Waals surface area contributed by atoms with Gasteiger partial charge in [-0.2, -0.15) is 13.2 Å². The van der Waals surface area contributed by atoms with Gasteiger partial charge in [0.2, 0.25) is 0 Å². The van der Waals surface area contributed by atoms with Crippen molar-refractivity contribution in [3.05, 3.63) is 89.0 Å². The molecule has 6 nitrogen and oxygen atoms in total. The molecule has 0 fully saturated rings. The van der Waals surface area contributed by atoms with Crippen LogP contribution < -0.4 is 15.4 Å². The number of nitrogens with zero attached hydrogens (tertiary/aromatic N) is 1. The van der Waals surface area contributed by atoms with Gasteiger partial charge in [0.15, 0.2) is 6.10 Å². The van der Waals surface area contributed by atoms with Crippen LogP contribution in [-0.2, 0) is 24.1 Å². The second kappa shape index (κ2) is 10.5. The Kier molecular flexibility index (Phi) is 7.42. The predicted octanol–water partition coefficient (Wildman–Crippen LogP) is 6.78. The maximum absolute atomic E-state index is 13.1. The number of alkyl halides is 3. The summed E-state index contributed by atoms with van der Waals surface area (Å²) >= 11 is 0. The highest BCUT2D eigenvalue weighted by Gasteiger charge is 2.32. The Hall–Kier alpha value is -4.01. The summed E-state index contributed by atoms with van der Waals surface area (Å²) in [5.74, 6) is 0.515. The van der Waals surface area contributed by atoms with Crippen LogP contribution in [0.1, 0.15) is 48.9 Å². The number of amides is 3. The van der Waals surface area contributed by atoms with Gasteiger partial charge in [-0.3, -0.25) is 4.79 Å². The first-order valence-electron chi connectivity index (χ1n) is 11.9. The minimum atomic E-state index is -4.47. The number of rotatable bonds is 5. The zero-order valence-electron chi connectivity index (χ0n) is 20.7. The zero-order valence-corrected chi connectivity index (χ0v) is 20.7. The first-order chi connectivity index (χ1) is 17.5. The van der Waals surface area contributed by atoms with Crippen molar-refractivity contribution in [2.24, 2.45) is 0 Å². The second-order valence-corrected chi connectivity index (χ2v) is 9.33. The third kappa shape index (κ3) is 6.41. The quantitative estimate of drug-likeness (QED) is 0.397. The zero-order chi connectivity index (χ0) is 26.7. The SMILES string of the molecule is CC(C)c1ccc(NC(=O)Nc2ccc3c(c2)CN(Cc2cccc(C(F)(F)F)c2)C(=O)[C@H](C)O3)cc1. The molecule has 4 rings (SSSR count). The summed E-state index contributed by atoms with van der Waals surface area (Å²) in [6, 6.07) is 17.1. The van der Waals surface area contributed by atoms with E-state index in [1.165, 1.54) is 11.0 Å². The van der Waals surface area contributed by atoms with Gasteiger partial charge in [0.25, 0.3) is 5.91 Å². The Morgan fingerprint density at radius 2 is 1.70 bits per heavy atom. The lowest BCUT2D eigenvalue weighted by Crippen LogP contribution is -2.37. The molecule has 0 aromatic heterocycles. The van der Waals surface area contributed by atoms with Gasteiger partial charge in [0, 0.05) is 30.0 Å². The molecule has 0 saturated heterocycles. The number of urea groups is 1. The molecule has 1 heterocycles. The monoisotopic (exact) mass is 511 g/mol. The molecule has 0 aliphatic carbocycles. The van der Waals surface area contributed by atoms with Crippen LogP contribution in [0.3, 0.4) is 0 Å². The molecule has 37 heavy (non-hydrogen) atoms. The number of fused-ring (bicyclic) bond motifs is 1. The lowest BCUT2D eigenvalue weighted by atomic mass is 10.0. The van der Waals surface area contributed by atoms with E-state index in [1.807, 2.05) is 24.3 Å². The lowest BCUT2D eigenvalue weighted by molar-refractivity contribution is -0.138. The number of anilines is 2. The molecular formula is C28H28F3N3O3. The second-order valence-electron chi connectivity index (χ2n) is 9.33. The number of benzene rings is 3. The molecule has 0 unspecified atom stereocenters. The van der Waals surface area contributed by atoms with E-state index >= 15 is 0 Å². The number of ether oxygens (including phenoxy) is 1. The molecule has 194 valence electrons. The normalized spacial score (nSPS) is 15.6. The number of carbonyl (C=O) groups is 2. The first-order valence-corrected chi connectivity index (χ1v) is 11.9. The smallest absolute Gasteiger partial charge is 0.416 e. The van der Waals surface area contributed by atoms with Crippen molar-refractivity contribution >= 4 is 23.3 Å². The topological polar surface area (TPSA) is 70.7 Å². The number of carbonyl (C=O) groups excluding carboxylic acids is 2. The minimum Gasteiger partial charge on any atom is -0.481 e. The summed E-state index contributed by atoms with van der Waals surface area (Å²) < 4.78 is 45.2. The molecule has 1 aliphatic rings. The lowest BCUT2D eigenvalue weighted by Gasteiger charge is -2.22. The standard InChI is InChI=1S/C28H28F3N3O3/c1-17(2)20-7-9-23(10-8-20)32-27(36)33-24-11-12-25-21(14-24)16-34(26(35)18(3)37-25)15-19-5-4-6-22(13-19)28(29,30)31/h4-14,17-18H,15-16H2,1-3H3,(H2,32,33,36)/t18-/m0/s1. The van der Waals surface area contributed by atoms with Crippen LogP contribution in [-0.4, -0.2) is 22.9 Å². The van der Waals surface area contributed by atoms with E-state index < -0.39 is 23.9 Å². The Labute approximate surface area is 213 Å². The van der Waals surface area contributed by atoms with Crippen molar-refractivity contribution in [1.29, 1.82) is 0 Å². The summed E-state index contributed by atoms with van der Waals surface area (Å²) in [6.45, 7) is 5.88. The van der Waals surface area contributed by atoms with Gasteiger partial charge >= 0.3 is 12.2 Å². The van der Waals surface area contributed by atoms with Crippen LogP contribution in [0.15, 0.2) is 66.7 Å². The van der Waals surface area contributed by atoms with Gasteiger partial charge in [-0.1, -0.05) is 38.1 Å². The Bertz CT molecular complexity index is 1290. The number of nitrogens with one attached hydrogen (secondary N) is 2. The molecule has 3 amide bonds. The molecule has 0 bridgehead atoms. The molecule has 2 N–H and O–H groups in total. The Morgan fingerprint density at radius 3 is 2.38 bits per heavy atom. The summed E-state index contributed by atoms with van der Waals surface area (Å²) in [6.07, 6.45) is -5.29. The summed E-state index contributed by atoms with van der Waals surface area (Å²) in [5.41, 5.74) is 2.51. The third-order valence-electron chi connectivity index (χ3n) is 6.11. The first kappa shape index (κ1) is 26.1. The largest absolute Gasteiger partial charge is 0.481 e. The van der Waals surface area contributed by atoms with Crippen molar-refractivity contribution in [1.82, 2.24) is 4.90 Å². The van der Waals surface area contributed by atoms with Gasteiger partial charge in [-0.05, 0) is 66.4 Å². The van der Waals surface area contributed by atoms with Crippen LogP contribution >= 0.6 is 0 Å². The Balaban J connectivity index is 1.49. The predicted molar refractivity (Wildman–Crippen MR) is 135 cm³/mol. The molecule has 3 aromatic carbocycles. The highest BCUT2D eigenvalue weighted by atomic mass is 19.4. The summed E-state index contributed by atoms with van der Waals surface area (Å²) in [5, 5.41) is 5.56. The van der Waals surface area contributed by atoms with Crippen molar-refractivity contribution in [2.75, 3.05) is 10.6 Å². The molecule has 1 aliphatic heterocycles. The van der Waals surface area contributed by atoms with Gasteiger partial charge in [0.05, 0.1) is 5.56 Å². The van der Waals surface area contributed by atoms with Gasteiger partial charge in [-0.25, -0.2) is 4.79 Å². The molecule has 0 saturated carbocycles. The highest BCUT2D eigenvalue weighted by Crippen LogP contribution is 2.32. The van der Waals surface area contributed by atoms with E-state index in [0.29, 0.717) is 34.2 Å². The molecule has 0 spiro atoms. The van der Waals surface area contributed by atoms with E-state index in [1.54, 1.807) is 31.2 Å². The van der Waals surface area contributed by atoms with Crippen molar-refractivity contribution in [3.8, 4) is 5.75 Å². The number of halogens is 3. The fraction of sp³-hybridized carbons (Fsp3) is 0.286. The minimum absolute atomic E-state index is 0.0135.